The fraction of sp³-hybridized carbons (Fsp3) is 0.348. The second-order valence-electron chi connectivity index (χ2n) is 6.96. The van der Waals surface area contributed by atoms with Crippen molar-refractivity contribution in [2.24, 2.45) is 0 Å². The van der Waals surface area contributed by atoms with Crippen LogP contribution in [0.2, 0.25) is 0 Å². The van der Waals surface area contributed by atoms with Gasteiger partial charge in [0.05, 0.1) is 0 Å². The molecule has 0 radical (unpaired) electrons. The van der Waals surface area contributed by atoms with Crippen molar-refractivity contribution < 1.29 is 4.79 Å². The summed E-state index contributed by atoms with van der Waals surface area (Å²) in [7, 11) is 0. The Morgan fingerprint density at radius 3 is 2.62 bits per heavy atom. The summed E-state index contributed by atoms with van der Waals surface area (Å²) < 4.78 is 0. The third kappa shape index (κ3) is 2.96. The predicted molar refractivity (Wildman–Crippen MR) is 103 cm³/mol. The van der Waals surface area contributed by atoms with E-state index in [1.165, 1.54) is 46.2 Å². The maximum Gasteiger partial charge on any atom is 0.163 e. The van der Waals surface area contributed by atoms with E-state index in [4.69, 9.17) is 0 Å². The van der Waals surface area contributed by atoms with Crippen LogP contribution in [0.15, 0.2) is 36.9 Å². The molecule has 24 heavy (non-hydrogen) atoms. The first kappa shape index (κ1) is 16.7. The monoisotopic (exact) mass is 318 g/mol. The van der Waals surface area contributed by atoms with Crippen LogP contribution in [-0.4, -0.2) is 5.78 Å². The molecule has 1 aliphatic carbocycles. The summed E-state index contributed by atoms with van der Waals surface area (Å²) in [6.45, 7) is 10.5. The van der Waals surface area contributed by atoms with Crippen molar-refractivity contribution in [2.45, 2.75) is 52.9 Å². The van der Waals surface area contributed by atoms with Crippen molar-refractivity contribution in [3.8, 4) is 11.1 Å². The van der Waals surface area contributed by atoms with E-state index < -0.39 is 0 Å². The highest BCUT2D eigenvalue weighted by molar-refractivity contribution is 6.03. The number of fused-ring (bicyclic) bond motifs is 1. The fourth-order valence-corrected chi connectivity index (χ4v) is 3.66. The van der Waals surface area contributed by atoms with Crippen LogP contribution in [0.3, 0.4) is 0 Å². The number of Topliss-reactive ketones (excluding diaryl/α,β-unsaturated/α-hetero) is 1. The van der Waals surface area contributed by atoms with Gasteiger partial charge >= 0.3 is 0 Å². The molecular formula is C23H26O. The quantitative estimate of drug-likeness (QED) is 0.644. The summed E-state index contributed by atoms with van der Waals surface area (Å²) in [5.41, 5.74) is 9.69. The number of rotatable bonds is 5. The normalized spacial score (nSPS) is 13.2. The van der Waals surface area contributed by atoms with Gasteiger partial charge in [0.15, 0.2) is 5.78 Å². The zero-order valence-corrected chi connectivity index (χ0v) is 15.0. The molecule has 0 atom stereocenters. The van der Waals surface area contributed by atoms with Gasteiger partial charge in [0.25, 0.3) is 0 Å². The SMILES string of the molecule is C=C(C)c1ccc(C)c(-c2c(CCCC)ccc3c2CCC3=O)c1. The number of benzene rings is 2. The molecule has 0 heterocycles. The van der Waals surface area contributed by atoms with Gasteiger partial charge in [0.1, 0.15) is 0 Å². The van der Waals surface area contributed by atoms with Crippen molar-refractivity contribution >= 4 is 11.4 Å². The van der Waals surface area contributed by atoms with Crippen LogP contribution in [0.1, 0.15) is 65.7 Å². The summed E-state index contributed by atoms with van der Waals surface area (Å²) in [5.74, 6) is 0.294. The second kappa shape index (κ2) is 6.76. The Morgan fingerprint density at radius 2 is 1.92 bits per heavy atom. The number of allylic oxidation sites excluding steroid dienone is 1. The predicted octanol–water partition coefficient (Wildman–Crippen LogP) is 6.17. The molecule has 124 valence electrons. The minimum absolute atomic E-state index is 0.294. The molecule has 0 spiro atoms. The molecular weight excluding hydrogens is 292 g/mol. The Bertz CT molecular complexity index is 811. The number of ketones is 1. The Morgan fingerprint density at radius 1 is 1.12 bits per heavy atom. The number of carbonyl (C=O) groups is 1. The third-order valence-electron chi connectivity index (χ3n) is 5.10. The summed E-state index contributed by atoms with van der Waals surface area (Å²) in [4.78, 5) is 12.2. The van der Waals surface area contributed by atoms with E-state index in [2.05, 4.69) is 50.8 Å². The Kier molecular flexibility index (Phi) is 4.71. The molecule has 3 rings (SSSR count). The fourth-order valence-electron chi connectivity index (χ4n) is 3.66. The highest BCUT2D eigenvalue weighted by Crippen LogP contribution is 2.38. The standard InChI is InChI=1S/C23H26O/c1-5-6-7-17-10-11-19-20(12-13-22(19)24)23(17)21-14-18(15(2)3)9-8-16(21)4/h8-11,14H,2,5-7,12-13H2,1,3-4H3. The summed E-state index contributed by atoms with van der Waals surface area (Å²) >= 11 is 0. The van der Waals surface area contributed by atoms with Crippen LogP contribution >= 0.6 is 0 Å². The maximum absolute atomic E-state index is 12.2. The Hall–Kier alpha value is -2.15. The van der Waals surface area contributed by atoms with Crippen molar-refractivity contribution in [1.82, 2.24) is 0 Å². The number of unbranched alkanes of at least 4 members (excludes halogenated alkanes) is 1. The molecule has 0 N–H and O–H groups in total. The molecule has 1 heteroatoms. The van der Waals surface area contributed by atoms with Gasteiger partial charge in [-0.2, -0.15) is 0 Å². The molecule has 0 bridgehead atoms. The number of hydrogen-bond acceptors (Lipinski definition) is 1. The van der Waals surface area contributed by atoms with Crippen LogP contribution < -0.4 is 0 Å². The van der Waals surface area contributed by atoms with Gasteiger partial charge in [-0.05, 0) is 72.6 Å². The Balaban J connectivity index is 2.24. The zero-order chi connectivity index (χ0) is 17.3. The summed E-state index contributed by atoms with van der Waals surface area (Å²) in [6, 6.07) is 10.8. The molecule has 0 amide bonds. The van der Waals surface area contributed by atoms with E-state index in [0.717, 1.165) is 24.0 Å². The van der Waals surface area contributed by atoms with E-state index in [9.17, 15) is 4.79 Å². The van der Waals surface area contributed by atoms with Gasteiger partial charge in [-0.25, -0.2) is 0 Å². The van der Waals surface area contributed by atoms with Crippen molar-refractivity contribution in [1.29, 1.82) is 0 Å². The van der Waals surface area contributed by atoms with Gasteiger partial charge < -0.3 is 0 Å². The molecule has 1 aliphatic rings. The highest BCUT2D eigenvalue weighted by atomic mass is 16.1. The second-order valence-corrected chi connectivity index (χ2v) is 6.96. The number of hydrogen-bond donors (Lipinski definition) is 0. The molecule has 0 unspecified atom stereocenters. The summed E-state index contributed by atoms with van der Waals surface area (Å²) in [6.07, 6.45) is 4.96. The van der Waals surface area contributed by atoms with Crippen molar-refractivity contribution in [2.75, 3.05) is 0 Å². The Labute approximate surface area is 145 Å². The lowest BCUT2D eigenvalue weighted by Gasteiger charge is -2.18. The topological polar surface area (TPSA) is 17.1 Å². The van der Waals surface area contributed by atoms with E-state index in [1.807, 2.05) is 6.92 Å². The zero-order valence-electron chi connectivity index (χ0n) is 15.0. The highest BCUT2D eigenvalue weighted by Gasteiger charge is 2.25. The van der Waals surface area contributed by atoms with E-state index >= 15 is 0 Å². The number of aryl methyl sites for hydroxylation is 2. The lowest BCUT2D eigenvalue weighted by Crippen LogP contribution is -2.00. The van der Waals surface area contributed by atoms with Gasteiger partial charge in [-0.3, -0.25) is 4.79 Å². The van der Waals surface area contributed by atoms with E-state index in [-0.39, 0.29) is 0 Å². The largest absolute Gasteiger partial charge is 0.294 e. The lowest BCUT2D eigenvalue weighted by atomic mass is 9.86. The lowest BCUT2D eigenvalue weighted by molar-refractivity contribution is 0.0994. The molecule has 2 aromatic carbocycles. The van der Waals surface area contributed by atoms with Crippen molar-refractivity contribution in [3.05, 3.63) is 64.7 Å². The molecule has 1 nitrogen and oxygen atoms in total. The minimum atomic E-state index is 0.294. The first-order chi connectivity index (χ1) is 11.5. The van der Waals surface area contributed by atoms with Crippen LogP contribution in [0, 0.1) is 6.92 Å². The molecule has 0 saturated heterocycles. The first-order valence-corrected chi connectivity index (χ1v) is 8.97. The van der Waals surface area contributed by atoms with Gasteiger partial charge in [0.2, 0.25) is 0 Å². The maximum atomic E-state index is 12.2. The average Bonchev–Trinajstić information content (AvgIpc) is 2.94. The smallest absolute Gasteiger partial charge is 0.163 e. The first-order valence-electron chi connectivity index (χ1n) is 8.97. The minimum Gasteiger partial charge on any atom is -0.294 e. The van der Waals surface area contributed by atoms with Crippen LogP contribution in [0.25, 0.3) is 16.7 Å². The van der Waals surface area contributed by atoms with Gasteiger partial charge in [-0.1, -0.05) is 49.8 Å². The van der Waals surface area contributed by atoms with Crippen LogP contribution in [-0.2, 0) is 12.8 Å². The van der Waals surface area contributed by atoms with E-state index in [0.29, 0.717) is 12.2 Å². The van der Waals surface area contributed by atoms with Gasteiger partial charge in [0, 0.05) is 12.0 Å². The van der Waals surface area contributed by atoms with Gasteiger partial charge in [-0.15, -0.1) is 0 Å². The molecule has 0 fully saturated rings. The number of carbonyl (C=O) groups excluding carboxylic acids is 1. The summed E-state index contributed by atoms with van der Waals surface area (Å²) in [5, 5.41) is 0. The van der Waals surface area contributed by atoms with Crippen LogP contribution in [0.4, 0.5) is 0 Å². The molecule has 0 saturated carbocycles. The molecule has 2 aromatic rings. The van der Waals surface area contributed by atoms with Crippen molar-refractivity contribution in [3.63, 3.8) is 0 Å². The van der Waals surface area contributed by atoms with E-state index in [1.54, 1.807) is 0 Å². The molecule has 0 aromatic heterocycles. The molecule has 0 aliphatic heterocycles. The van der Waals surface area contributed by atoms with Crippen LogP contribution in [0.5, 0.6) is 0 Å². The third-order valence-corrected chi connectivity index (χ3v) is 5.10. The average molecular weight is 318 g/mol.